The van der Waals surface area contributed by atoms with Gasteiger partial charge in [-0.1, -0.05) is 18.2 Å². The van der Waals surface area contributed by atoms with Crippen LogP contribution in [0.2, 0.25) is 0 Å². The number of rotatable bonds is 6. The first-order chi connectivity index (χ1) is 10.6. The number of imidazole rings is 1. The number of nitrogens with one attached hydrogen (secondary N) is 1. The molecule has 1 aromatic heterocycles. The Morgan fingerprint density at radius 2 is 2.00 bits per heavy atom. The first kappa shape index (κ1) is 15.2. The van der Waals surface area contributed by atoms with Gasteiger partial charge in [0.1, 0.15) is 5.75 Å². The summed E-state index contributed by atoms with van der Waals surface area (Å²) < 4.78 is 5.05. The molecule has 0 atom stereocenters. The second-order valence-corrected chi connectivity index (χ2v) is 4.33. The van der Waals surface area contributed by atoms with Crippen molar-refractivity contribution < 1.29 is 19.4 Å². The Morgan fingerprint density at radius 3 is 2.55 bits per heavy atom. The predicted molar refractivity (Wildman–Crippen MR) is 81.2 cm³/mol. The van der Waals surface area contributed by atoms with Gasteiger partial charge in [-0.3, -0.25) is 4.79 Å². The van der Waals surface area contributed by atoms with Crippen LogP contribution in [0.4, 0.5) is 0 Å². The fourth-order valence-electron chi connectivity index (χ4n) is 1.78. The molecular formula is C16H14N2O4. The molecule has 2 rings (SSSR count). The third kappa shape index (κ3) is 3.92. The minimum Gasteiger partial charge on any atom is -0.497 e. The number of nitrogens with zero attached hydrogens (tertiary/aromatic N) is 1. The zero-order valence-electron chi connectivity index (χ0n) is 11.8. The summed E-state index contributed by atoms with van der Waals surface area (Å²) in [4.78, 5) is 29.5. The van der Waals surface area contributed by atoms with Crippen LogP contribution >= 0.6 is 0 Å². The lowest BCUT2D eigenvalue weighted by atomic mass is 10.1. The number of carboxylic acid groups (broad SMARTS) is 1. The third-order valence-electron chi connectivity index (χ3n) is 2.86. The monoisotopic (exact) mass is 298 g/mol. The van der Waals surface area contributed by atoms with Gasteiger partial charge in [0.25, 0.3) is 0 Å². The molecule has 0 spiro atoms. The van der Waals surface area contributed by atoms with Crippen molar-refractivity contribution in [3.8, 4) is 5.75 Å². The van der Waals surface area contributed by atoms with Crippen LogP contribution in [-0.4, -0.2) is 33.9 Å². The van der Waals surface area contributed by atoms with E-state index in [1.54, 1.807) is 37.5 Å². The molecule has 0 saturated heterocycles. The van der Waals surface area contributed by atoms with Crippen LogP contribution in [0.15, 0.2) is 48.9 Å². The Labute approximate surface area is 126 Å². The molecule has 2 N–H and O–H groups in total. The molecule has 0 bridgehead atoms. The smallest absolute Gasteiger partial charge is 0.329 e. The number of methoxy groups -OCH3 is 1. The van der Waals surface area contributed by atoms with Crippen LogP contribution in [0.25, 0.3) is 11.6 Å². The van der Waals surface area contributed by atoms with E-state index in [1.807, 2.05) is 0 Å². The van der Waals surface area contributed by atoms with E-state index in [9.17, 15) is 9.59 Å². The highest BCUT2D eigenvalue weighted by Gasteiger charge is 2.12. The van der Waals surface area contributed by atoms with Gasteiger partial charge in [-0.15, -0.1) is 0 Å². The van der Waals surface area contributed by atoms with Crippen molar-refractivity contribution in [1.29, 1.82) is 0 Å². The number of ether oxygens (including phenoxy) is 1. The van der Waals surface area contributed by atoms with E-state index in [1.165, 1.54) is 18.6 Å². The van der Waals surface area contributed by atoms with Crippen LogP contribution in [0.1, 0.15) is 11.3 Å². The SMILES string of the molecule is COc1ccc(/C=C/C(=O)C(=CC(=O)O)c2cnc[nH]2)cc1. The Balaban J connectivity index is 2.20. The molecule has 112 valence electrons. The second-order valence-electron chi connectivity index (χ2n) is 4.33. The normalized spacial score (nSPS) is 11.6. The number of allylic oxidation sites excluding steroid dienone is 2. The summed E-state index contributed by atoms with van der Waals surface area (Å²) in [6.07, 6.45) is 6.55. The van der Waals surface area contributed by atoms with Crippen molar-refractivity contribution in [3.63, 3.8) is 0 Å². The molecule has 6 nitrogen and oxygen atoms in total. The molecule has 0 aliphatic heterocycles. The number of carbonyl (C=O) groups excluding carboxylic acids is 1. The van der Waals surface area contributed by atoms with Gasteiger partial charge in [0.05, 0.1) is 30.9 Å². The molecule has 0 radical (unpaired) electrons. The van der Waals surface area contributed by atoms with Crippen LogP contribution < -0.4 is 4.74 Å². The van der Waals surface area contributed by atoms with Gasteiger partial charge in [-0.2, -0.15) is 0 Å². The summed E-state index contributed by atoms with van der Waals surface area (Å²) >= 11 is 0. The molecule has 1 heterocycles. The highest BCUT2D eigenvalue weighted by atomic mass is 16.5. The van der Waals surface area contributed by atoms with Crippen LogP contribution in [0.5, 0.6) is 5.75 Å². The number of carbonyl (C=O) groups is 2. The summed E-state index contributed by atoms with van der Waals surface area (Å²) in [5, 5.41) is 8.87. The first-order valence-electron chi connectivity index (χ1n) is 6.40. The largest absolute Gasteiger partial charge is 0.497 e. The van der Waals surface area contributed by atoms with Gasteiger partial charge in [-0.25, -0.2) is 9.78 Å². The quantitative estimate of drug-likeness (QED) is 0.797. The second kappa shape index (κ2) is 7.03. The molecular weight excluding hydrogens is 284 g/mol. The van der Waals surface area contributed by atoms with Crippen molar-refractivity contribution in [2.24, 2.45) is 0 Å². The number of aromatic amines is 1. The summed E-state index contributed by atoms with van der Waals surface area (Å²) in [6, 6.07) is 7.12. The standard InChI is InChI=1S/C16H14N2O4/c1-22-12-5-2-11(3-6-12)4-7-15(19)13(8-16(20)21)14-9-17-10-18-14/h2-10H,1H3,(H,17,18)(H,20,21)/b7-4+,13-8?. The molecule has 2 aromatic rings. The summed E-state index contributed by atoms with van der Waals surface area (Å²) in [5.74, 6) is -0.911. The number of hydrogen-bond donors (Lipinski definition) is 2. The molecule has 0 amide bonds. The van der Waals surface area contributed by atoms with E-state index >= 15 is 0 Å². The molecule has 1 aromatic carbocycles. The topological polar surface area (TPSA) is 92.3 Å². The Kier molecular flexibility index (Phi) is 4.87. The van der Waals surface area contributed by atoms with E-state index in [0.717, 1.165) is 11.6 Å². The molecule has 22 heavy (non-hydrogen) atoms. The molecule has 0 aliphatic carbocycles. The number of ketones is 1. The number of aliphatic carboxylic acids is 1. The van der Waals surface area contributed by atoms with Gasteiger partial charge in [-0.05, 0) is 23.8 Å². The molecule has 0 aliphatic rings. The van der Waals surface area contributed by atoms with Crippen molar-refractivity contribution in [3.05, 3.63) is 60.2 Å². The number of H-pyrrole nitrogens is 1. The molecule has 6 heteroatoms. The first-order valence-corrected chi connectivity index (χ1v) is 6.40. The van der Waals surface area contributed by atoms with Crippen LogP contribution in [-0.2, 0) is 9.59 Å². The summed E-state index contributed by atoms with van der Waals surface area (Å²) in [6.45, 7) is 0. The van der Waals surface area contributed by atoms with Crippen molar-refractivity contribution in [1.82, 2.24) is 9.97 Å². The van der Waals surface area contributed by atoms with Crippen molar-refractivity contribution >= 4 is 23.4 Å². The molecule has 0 saturated carbocycles. The zero-order chi connectivity index (χ0) is 15.9. The Hall–Kier alpha value is -3.15. The van der Waals surface area contributed by atoms with Gasteiger partial charge >= 0.3 is 5.97 Å². The highest BCUT2D eigenvalue weighted by Crippen LogP contribution is 2.15. The fourth-order valence-corrected chi connectivity index (χ4v) is 1.78. The van der Waals surface area contributed by atoms with Crippen molar-refractivity contribution in [2.45, 2.75) is 0 Å². The van der Waals surface area contributed by atoms with Gasteiger partial charge < -0.3 is 14.8 Å². The maximum atomic E-state index is 12.2. The number of hydrogen-bond acceptors (Lipinski definition) is 4. The van der Waals surface area contributed by atoms with E-state index in [2.05, 4.69) is 9.97 Å². The Morgan fingerprint density at radius 1 is 1.27 bits per heavy atom. The maximum Gasteiger partial charge on any atom is 0.329 e. The van der Waals surface area contributed by atoms with Gasteiger partial charge in [0, 0.05) is 6.08 Å². The summed E-state index contributed by atoms with van der Waals surface area (Å²) in [5.41, 5.74) is 1.19. The van der Waals surface area contributed by atoms with Gasteiger partial charge in [0.2, 0.25) is 0 Å². The molecule has 0 fully saturated rings. The Bertz CT molecular complexity index is 713. The van der Waals surface area contributed by atoms with E-state index in [-0.39, 0.29) is 5.57 Å². The predicted octanol–water partition coefficient (Wildman–Crippen LogP) is 2.17. The van der Waals surface area contributed by atoms with E-state index in [4.69, 9.17) is 9.84 Å². The lowest BCUT2D eigenvalue weighted by molar-refractivity contribution is -0.131. The fraction of sp³-hybridized carbons (Fsp3) is 0.0625. The number of benzene rings is 1. The number of carboxylic acids is 1. The average molecular weight is 298 g/mol. The average Bonchev–Trinajstić information content (AvgIpc) is 3.04. The lowest BCUT2D eigenvalue weighted by Gasteiger charge is -2.00. The lowest BCUT2D eigenvalue weighted by Crippen LogP contribution is -2.02. The zero-order valence-corrected chi connectivity index (χ0v) is 11.8. The minimum atomic E-state index is -1.20. The van der Waals surface area contributed by atoms with Crippen molar-refractivity contribution in [2.75, 3.05) is 7.11 Å². The third-order valence-corrected chi connectivity index (χ3v) is 2.86. The number of aromatic nitrogens is 2. The minimum absolute atomic E-state index is 0.0368. The van der Waals surface area contributed by atoms with E-state index < -0.39 is 11.8 Å². The van der Waals surface area contributed by atoms with Gasteiger partial charge in [0.15, 0.2) is 5.78 Å². The highest BCUT2D eigenvalue weighted by molar-refractivity contribution is 6.29. The molecule has 0 unspecified atom stereocenters. The summed E-state index contributed by atoms with van der Waals surface area (Å²) in [7, 11) is 1.57. The van der Waals surface area contributed by atoms with Crippen LogP contribution in [0.3, 0.4) is 0 Å². The van der Waals surface area contributed by atoms with Crippen LogP contribution in [0, 0.1) is 0 Å². The maximum absolute atomic E-state index is 12.2. The van der Waals surface area contributed by atoms with E-state index in [0.29, 0.717) is 11.4 Å².